The molecule has 2 N–H and O–H groups in total. The Hall–Kier alpha value is -2.60. The van der Waals surface area contributed by atoms with E-state index in [0.717, 1.165) is 21.7 Å². The molecule has 1 aliphatic heterocycles. The smallest absolute Gasteiger partial charge is 0.258 e. The molecule has 2 amide bonds. The molecule has 0 fully saturated rings. The summed E-state index contributed by atoms with van der Waals surface area (Å²) in [6.45, 7) is 4.34. The predicted molar refractivity (Wildman–Crippen MR) is 94.7 cm³/mol. The van der Waals surface area contributed by atoms with Gasteiger partial charge < -0.3 is 15.3 Å². The normalized spacial score (nSPS) is 12.6. The Morgan fingerprint density at radius 3 is 2.75 bits per heavy atom. The van der Waals surface area contributed by atoms with Crippen LogP contribution in [0.3, 0.4) is 0 Å². The molecule has 6 heteroatoms. The van der Waals surface area contributed by atoms with Crippen molar-refractivity contribution in [1.82, 2.24) is 4.90 Å². The highest BCUT2D eigenvalue weighted by molar-refractivity contribution is 9.10. The Bertz CT molecular complexity index is 848. The molecular formula is C18H15BrN2O3. The van der Waals surface area contributed by atoms with Gasteiger partial charge in [0, 0.05) is 23.2 Å². The molecule has 0 aliphatic carbocycles. The minimum atomic E-state index is -0.378. The average molecular weight is 387 g/mol. The molecule has 1 heterocycles. The third kappa shape index (κ3) is 3.05. The summed E-state index contributed by atoms with van der Waals surface area (Å²) in [6.07, 6.45) is 1.14. The van der Waals surface area contributed by atoms with Crippen LogP contribution in [0.5, 0.6) is 5.75 Å². The standard InChI is InChI=1S/C18H15BrN2O3/c1-2-17(23)20-12-6-7-16(22)13(8-12)18(24)21-9-11-4-3-5-15(19)14(11)10-21/h2-8,22H,1,9-10H2,(H,20,23). The number of phenolic OH excluding ortho intramolecular Hbond substituents is 1. The highest BCUT2D eigenvalue weighted by Gasteiger charge is 2.27. The van der Waals surface area contributed by atoms with Crippen molar-refractivity contribution in [3.63, 3.8) is 0 Å². The zero-order chi connectivity index (χ0) is 17.3. The van der Waals surface area contributed by atoms with E-state index in [1.165, 1.54) is 18.2 Å². The lowest BCUT2D eigenvalue weighted by molar-refractivity contribution is -0.111. The maximum Gasteiger partial charge on any atom is 0.258 e. The summed E-state index contributed by atoms with van der Waals surface area (Å²) in [6, 6.07) is 10.2. The van der Waals surface area contributed by atoms with Crippen molar-refractivity contribution < 1.29 is 14.7 Å². The lowest BCUT2D eigenvalue weighted by atomic mass is 10.1. The Kier molecular flexibility index (Phi) is 4.40. The number of halogens is 1. The van der Waals surface area contributed by atoms with Crippen LogP contribution in [0.4, 0.5) is 5.69 Å². The molecule has 2 aromatic rings. The Morgan fingerprint density at radius 2 is 2.04 bits per heavy atom. The molecule has 0 radical (unpaired) electrons. The van der Waals surface area contributed by atoms with E-state index in [9.17, 15) is 14.7 Å². The summed E-state index contributed by atoms with van der Waals surface area (Å²) in [5, 5.41) is 12.6. The van der Waals surface area contributed by atoms with Gasteiger partial charge in [0.05, 0.1) is 5.56 Å². The third-order valence-electron chi connectivity index (χ3n) is 3.89. The molecule has 1 aliphatic rings. The molecule has 5 nitrogen and oxygen atoms in total. The first kappa shape index (κ1) is 16.3. The second-order valence-corrected chi connectivity index (χ2v) is 6.32. The monoisotopic (exact) mass is 386 g/mol. The fraction of sp³-hybridized carbons (Fsp3) is 0.111. The second kappa shape index (κ2) is 6.49. The van der Waals surface area contributed by atoms with Crippen molar-refractivity contribution in [2.75, 3.05) is 5.32 Å². The summed E-state index contributed by atoms with van der Waals surface area (Å²) in [4.78, 5) is 25.8. The fourth-order valence-electron chi connectivity index (χ4n) is 2.67. The van der Waals surface area contributed by atoms with Gasteiger partial charge in [-0.15, -0.1) is 0 Å². The van der Waals surface area contributed by atoms with Crippen molar-refractivity contribution in [2.24, 2.45) is 0 Å². The van der Waals surface area contributed by atoms with Crippen molar-refractivity contribution in [2.45, 2.75) is 13.1 Å². The van der Waals surface area contributed by atoms with Crippen LogP contribution in [0.25, 0.3) is 0 Å². The number of phenols is 1. The lowest BCUT2D eigenvalue weighted by Crippen LogP contribution is -2.25. The minimum absolute atomic E-state index is 0.119. The number of nitrogens with zero attached hydrogens (tertiary/aromatic N) is 1. The molecule has 0 atom stereocenters. The molecule has 0 unspecified atom stereocenters. The van der Waals surface area contributed by atoms with Crippen molar-refractivity contribution >= 4 is 33.4 Å². The number of aromatic hydroxyl groups is 1. The number of hydrogen-bond acceptors (Lipinski definition) is 3. The fourth-order valence-corrected chi connectivity index (χ4v) is 3.21. The van der Waals surface area contributed by atoms with Crippen LogP contribution in [0.15, 0.2) is 53.5 Å². The molecule has 122 valence electrons. The highest BCUT2D eigenvalue weighted by Crippen LogP contribution is 2.32. The largest absolute Gasteiger partial charge is 0.507 e. The molecule has 0 saturated heterocycles. The van der Waals surface area contributed by atoms with Crippen LogP contribution in [-0.4, -0.2) is 21.8 Å². The Morgan fingerprint density at radius 1 is 1.25 bits per heavy atom. The van der Waals surface area contributed by atoms with E-state index < -0.39 is 0 Å². The molecule has 24 heavy (non-hydrogen) atoms. The third-order valence-corrected chi connectivity index (χ3v) is 4.64. The highest BCUT2D eigenvalue weighted by atomic mass is 79.9. The van der Waals surface area contributed by atoms with Crippen LogP contribution >= 0.6 is 15.9 Å². The molecule has 2 aromatic carbocycles. The Balaban J connectivity index is 1.86. The minimum Gasteiger partial charge on any atom is -0.507 e. The Labute approximate surface area is 147 Å². The zero-order valence-corrected chi connectivity index (χ0v) is 14.3. The number of nitrogens with one attached hydrogen (secondary N) is 1. The number of rotatable bonds is 3. The number of hydrogen-bond donors (Lipinski definition) is 2. The maximum atomic E-state index is 12.8. The molecule has 0 saturated carbocycles. The summed E-state index contributed by atoms with van der Waals surface area (Å²) in [5.41, 5.74) is 2.73. The number of carbonyl (C=O) groups is 2. The van der Waals surface area contributed by atoms with Crippen molar-refractivity contribution in [3.8, 4) is 5.75 Å². The van der Waals surface area contributed by atoms with Gasteiger partial charge >= 0.3 is 0 Å². The van der Waals surface area contributed by atoms with Gasteiger partial charge in [-0.25, -0.2) is 0 Å². The van der Waals surface area contributed by atoms with Gasteiger partial charge in [-0.05, 0) is 41.5 Å². The first-order valence-electron chi connectivity index (χ1n) is 7.31. The van der Waals surface area contributed by atoms with E-state index in [0.29, 0.717) is 18.8 Å². The van der Waals surface area contributed by atoms with Gasteiger partial charge in [0.1, 0.15) is 5.75 Å². The lowest BCUT2D eigenvalue weighted by Gasteiger charge is -2.17. The SMILES string of the molecule is C=CC(=O)Nc1ccc(O)c(C(=O)N2Cc3cccc(Br)c3C2)c1. The number of fused-ring (bicyclic) bond motifs is 1. The summed E-state index contributed by atoms with van der Waals surface area (Å²) >= 11 is 3.50. The van der Waals surface area contributed by atoms with Crippen LogP contribution in [0, 0.1) is 0 Å². The quantitative estimate of drug-likeness (QED) is 0.626. The number of benzene rings is 2. The van der Waals surface area contributed by atoms with Crippen LogP contribution in [0.1, 0.15) is 21.5 Å². The maximum absolute atomic E-state index is 12.8. The van der Waals surface area contributed by atoms with Crippen LogP contribution < -0.4 is 5.32 Å². The number of carbonyl (C=O) groups excluding carboxylic acids is 2. The molecule has 3 rings (SSSR count). The average Bonchev–Trinajstić information content (AvgIpc) is 3.01. The van der Waals surface area contributed by atoms with E-state index in [2.05, 4.69) is 27.8 Å². The van der Waals surface area contributed by atoms with Gasteiger partial charge in [-0.2, -0.15) is 0 Å². The van der Waals surface area contributed by atoms with Gasteiger partial charge in [0.15, 0.2) is 0 Å². The van der Waals surface area contributed by atoms with E-state index in [-0.39, 0.29) is 23.1 Å². The summed E-state index contributed by atoms with van der Waals surface area (Å²) < 4.78 is 0.964. The van der Waals surface area contributed by atoms with E-state index in [4.69, 9.17) is 0 Å². The van der Waals surface area contributed by atoms with Gasteiger partial charge in [-0.3, -0.25) is 9.59 Å². The second-order valence-electron chi connectivity index (χ2n) is 5.46. The first-order valence-corrected chi connectivity index (χ1v) is 8.11. The summed E-state index contributed by atoms with van der Waals surface area (Å²) in [5.74, 6) is -0.784. The number of amides is 2. The number of anilines is 1. The van der Waals surface area contributed by atoms with E-state index >= 15 is 0 Å². The summed E-state index contributed by atoms with van der Waals surface area (Å²) in [7, 11) is 0. The van der Waals surface area contributed by atoms with Crippen molar-refractivity contribution in [3.05, 3.63) is 70.2 Å². The van der Waals surface area contributed by atoms with Gasteiger partial charge in [0.2, 0.25) is 5.91 Å². The van der Waals surface area contributed by atoms with Gasteiger partial charge in [-0.1, -0.05) is 34.6 Å². The molecule has 0 aromatic heterocycles. The van der Waals surface area contributed by atoms with Crippen LogP contribution in [-0.2, 0) is 17.9 Å². The van der Waals surface area contributed by atoms with E-state index in [1.807, 2.05) is 18.2 Å². The van der Waals surface area contributed by atoms with Crippen LogP contribution in [0.2, 0.25) is 0 Å². The zero-order valence-electron chi connectivity index (χ0n) is 12.8. The van der Waals surface area contributed by atoms with Gasteiger partial charge in [0.25, 0.3) is 5.91 Å². The molecule has 0 bridgehead atoms. The van der Waals surface area contributed by atoms with Crippen molar-refractivity contribution in [1.29, 1.82) is 0 Å². The van der Waals surface area contributed by atoms with E-state index in [1.54, 1.807) is 4.90 Å². The predicted octanol–water partition coefficient (Wildman–Crippen LogP) is 3.44. The topological polar surface area (TPSA) is 69.6 Å². The molecular weight excluding hydrogens is 372 g/mol. The molecule has 0 spiro atoms. The first-order chi connectivity index (χ1) is 11.5.